The van der Waals surface area contributed by atoms with Crippen molar-refractivity contribution in [3.05, 3.63) is 425 Å². The Bertz CT molecular complexity index is 10600. The third kappa shape index (κ3) is 12.6. The first-order valence-corrected chi connectivity index (χ1v) is 47.0. The molecule has 31 rings (SSSR count). The summed E-state index contributed by atoms with van der Waals surface area (Å²) in [6.45, 7) is 0. The van der Waals surface area contributed by atoms with E-state index >= 15 is 0 Å². The molecule has 0 aliphatic rings. The minimum absolute atomic E-state index is 0.494. The second-order valence-electron chi connectivity index (χ2n) is 35.4. The maximum absolute atomic E-state index is 6.81. The normalized spacial score (nSPS) is 11.9. The summed E-state index contributed by atoms with van der Waals surface area (Å²) in [5.41, 5.74) is 30.6. The first-order chi connectivity index (χ1) is 70.4. The minimum Gasteiger partial charge on any atom is -0.454 e. The van der Waals surface area contributed by atoms with E-state index in [0.717, 1.165) is 259 Å². The average Bonchev–Trinajstić information content (AvgIpc) is 1.54. The van der Waals surface area contributed by atoms with Gasteiger partial charge in [-0.05, 0) is 97.1 Å². The van der Waals surface area contributed by atoms with Crippen LogP contribution in [0.3, 0.4) is 0 Å². The molecule has 0 radical (unpaired) electrons. The lowest BCUT2D eigenvalue weighted by Crippen LogP contribution is -2.06. The standard InChI is InChI=1S/C46H27N5O.C39H22N6O.C38H21N5O/c1-3-14-28(15-4-1)36-27-37(50-46(49-36)29-16-5-2-6-17-29)30-18-13-19-31(26-30)51-38-24-11-7-20-32(38)40-42-43(48-35-23-10-9-22-34(35)47-42)41-33-21-8-12-25-39(33)52-45(41)44(40)51;1-3-13-23(14-4-1)37-42-38(24-15-5-2-6-16-24)44-39(43-37)45-29-21-11-7-17-25(29)31-33-34(41-28-20-10-9-19-27(28)40-33)32-26-18-8-12-22-30(26)46-36(32)35(31)45;1-2-12-22(13-3-1)33-23-14-4-7-17-26(23)41-38(42-33)43-29-20-10-5-15-24(29)31-34-35(40-28-19-9-8-18-27(28)39-34)32-25-16-6-11-21-30(25)44-37(32)36(31)43/h1-27H;1-22H;1-21H. The molecule has 0 saturated carbocycles. The Labute approximate surface area is 805 Å². The highest BCUT2D eigenvalue weighted by Crippen LogP contribution is 2.51. The summed E-state index contributed by atoms with van der Waals surface area (Å²) >= 11 is 0. The van der Waals surface area contributed by atoms with E-state index in [4.69, 9.17) is 78.0 Å². The van der Waals surface area contributed by atoms with Gasteiger partial charge in [-0.15, -0.1) is 0 Å². The summed E-state index contributed by atoms with van der Waals surface area (Å²) in [5.74, 6) is 2.92. The largest absolute Gasteiger partial charge is 0.454 e. The van der Waals surface area contributed by atoms with Gasteiger partial charge in [0.15, 0.2) is 34.2 Å². The number of rotatable bonds is 9. The van der Waals surface area contributed by atoms with Gasteiger partial charge in [0.2, 0.25) is 11.9 Å². The van der Waals surface area contributed by atoms with Gasteiger partial charge < -0.3 is 17.8 Å². The van der Waals surface area contributed by atoms with Gasteiger partial charge in [-0.25, -0.2) is 54.8 Å². The SMILES string of the molecule is c1ccc(-c2cc(-c3cccc(-n4c5ccccc5c5c6nc7ccccc7nc6c6c7ccccc7oc6c54)c3)nc(-c3ccccc3)n2)cc1.c1ccc(-c2nc(-c3ccccc3)nc(-n3c4ccccc4c4c5nc6ccccc6nc5c5c6ccccc6oc5c43)n2)cc1.c1ccc(-c2nc(-n3c4ccccc4c4c5nc6ccccc6nc5c5c6ccccc6oc5c43)nc3ccccc23)cc1. The van der Waals surface area contributed by atoms with E-state index in [9.17, 15) is 0 Å². The van der Waals surface area contributed by atoms with Crippen LogP contribution in [0.15, 0.2) is 438 Å². The average molecular weight is 1820 g/mol. The molecule has 0 fully saturated rings. The van der Waals surface area contributed by atoms with Gasteiger partial charge in [-0.1, -0.05) is 328 Å². The van der Waals surface area contributed by atoms with Crippen LogP contribution in [0.1, 0.15) is 0 Å². The fraction of sp³-hybridized carbons (Fsp3) is 0. The Balaban J connectivity index is 0.000000102. The number of aromatic nitrogens is 16. The third-order valence-corrected chi connectivity index (χ3v) is 27.1. The number of hydrogen-bond donors (Lipinski definition) is 0. The molecule has 660 valence electrons. The molecule has 0 amide bonds. The number of para-hydroxylation sites is 13. The highest BCUT2D eigenvalue weighted by molar-refractivity contribution is 6.37. The highest BCUT2D eigenvalue weighted by atomic mass is 16.3. The topological polar surface area (TPSA) is 222 Å². The summed E-state index contributed by atoms with van der Waals surface area (Å²) in [6, 6.07) is 143. The van der Waals surface area contributed by atoms with Gasteiger partial charge in [0, 0.05) is 92.9 Å². The Morgan fingerprint density at radius 2 is 0.465 bits per heavy atom. The third-order valence-electron chi connectivity index (χ3n) is 27.1. The molecule has 31 aromatic rings. The van der Waals surface area contributed by atoms with Gasteiger partial charge in [-0.2, -0.15) is 9.97 Å². The van der Waals surface area contributed by atoms with E-state index in [1.54, 1.807) is 0 Å². The Hall–Kier alpha value is -19.8. The number of nitrogens with zero attached hydrogens (tertiary/aromatic N) is 16. The molecule has 19 heteroatoms. The van der Waals surface area contributed by atoms with Gasteiger partial charge >= 0.3 is 0 Å². The van der Waals surface area contributed by atoms with Crippen molar-refractivity contribution in [1.82, 2.24) is 78.5 Å². The second kappa shape index (κ2) is 31.9. The van der Waals surface area contributed by atoms with E-state index in [1.165, 1.54) is 0 Å². The molecule has 0 bridgehead atoms. The number of fused-ring (bicyclic) bond motifs is 34. The zero-order chi connectivity index (χ0) is 93.1. The van der Waals surface area contributed by atoms with Gasteiger partial charge in [0.25, 0.3) is 0 Å². The lowest BCUT2D eigenvalue weighted by atomic mass is 10.0. The quantitative estimate of drug-likeness (QED) is 0.123. The molecule has 19 nitrogen and oxygen atoms in total. The molecule has 0 atom stereocenters. The van der Waals surface area contributed by atoms with E-state index in [-0.39, 0.29) is 0 Å². The van der Waals surface area contributed by atoms with Crippen LogP contribution in [-0.4, -0.2) is 78.5 Å². The monoisotopic (exact) mass is 1820 g/mol. The van der Waals surface area contributed by atoms with Crippen molar-refractivity contribution in [3.8, 4) is 85.5 Å². The summed E-state index contributed by atoms with van der Waals surface area (Å²) < 4.78 is 26.9. The van der Waals surface area contributed by atoms with Crippen molar-refractivity contribution in [2.24, 2.45) is 0 Å². The Morgan fingerprint density at radius 1 is 0.176 bits per heavy atom. The fourth-order valence-electron chi connectivity index (χ4n) is 20.9. The van der Waals surface area contributed by atoms with Crippen LogP contribution in [0.4, 0.5) is 0 Å². The molecule has 0 N–H and O–H groups in total. The maximum Gasteiger partial charge on any atom is 0.238 e. The van der Waals surface area contributed by atoms with E-state index < -0.39 is 0 Å². The smallest absolute Gasteiger partial charge is 0.238 e. The van der Waals surface area contributed by atoms with E-state index in [2.05, 4.69) is 171 Å². The van der Waals surface area contributed by atoms with Crippen LogP contribution < -0.4 is 0 Å². The van der Waals surface area contributed by atoms with Crippen LogP contribution >= 0.6 is 0 Å². The summed E-state index contributed by atoms with van der Waals surface area (Å²) in [6.07, 6.45) is 0. The van der Waals surface area contributed by atoms with Crippen molar-refractivity contribution in [1.29, 1.82) is 0 Å². The lowest BCUT2D eigenvalue weighted by Gasteiger charge is -2.12. The van der Waals surface area contributed by atoms with Crippen molar-refractivity contribution in [3.63, 3.8) is 0 Å². The molecule has 0 spiro atoms. The predicted octanol–water partition coefficient (Wildman–Crippen LogP) is 30.3. The molecular weight excluding hydrogens is 1750 g/mol. The zero-order valence-corrected chi connectivity index (χ0v) is 75.3. The molecule has 0 aliphatic heterocycles. The number of furan rings is 3. The summed E-state index contributed by atoms with van der Waals surface area (Å²) in [5, 5.41) is 12.9. The first kappa shape index (κ1) is 79.6. The summed E-state index contributed by atoms with van der Waals surface area (Å²) in [7, 11) is 0. The van der Waals surface area contributed by atoms with E-state index in [0.29, 0.717) is 35.0 Å². The van der Waals surface area contributed by atoms with Crippen LogP contribution in [0.2, 0.25) is 0 Å². The first-order valence-electron chi connectivity index (χ1n) is 47.0. The molecule has 19 aromatic carbocycles. The van der Waals surface area contributed by atoms with E-state index in [1.807, 2.05) is 267 Å². The van der Waals surface area contributed by atoms with Crippen molar-refractivity contribution in [2.75, 3.05) is 0 Å². The van der Waals surface area contributed by atoms with Gasteiger partial charge in [0.1, 0.15) is 66.4 Å². The van der Waals surface area contributed by atoms with Crippen molar-refractivity contribution in [2.45, 2.75) is 0 Å². The van der Waals surface area contributed by atoms with Crippen LogP contribution in [0.25, 0.3) is 294 Å². The molecular formula is C123H70N16O3. The highest BCUT2D eigenvalue weighted by Gasteiger charge is 2.32. The minimum atomic E-state index is 0.494. The molecule has 12 heterocycles. The van der Waals surface area contributed by atoms with Crippen LogP contribution in [0, 0.1) is 0 Å². The molecule has 0 aliphatic carbocycles. The number of hydrogen-bond acceptors (Lipinski definition) is 16. The second-order valence-corrected chi connectivity index (χ2v) is 35.4. The molecule has 142 heavy (non-hydrogen) atoms. The zero-order valence-electron chi connectivity index (χ0n) is 75.3. The van der Waals surface area contributed by atoms with Gasteiger partial charge in [0.05, 0.1) is 88.4 Å². The number of benzene rings is 19. The van der Waals surface area contributed by atoms with Crippen molar-refractivity contribution < 1.29 is 13.3 Å². The molecule has 12 aromatic heterocycles. The predicted molar refractivity (Wildman–Crippen MR) is 571 cm³/mol. The Morgan fingerprint density at radius 3 is 0.866 bits per heavy atom. The van der Waals surface area contributed by atoms with Crippen molar-refractivity contribution >= 4 is 208 Å². The molecule has 0 saturated heterocycles. The molecule has 0 unspecified atom stereocenters. The lowest BCUT2D eigenvalue weighted by molar-refractivity contribution is 0.670. The summed E-state index contributed by atoms with van der Waals surface area (Å²) in [4.78, 5) is 67.3. The fourth-order valence-corrected chi connectivity index (χ4v) is 20.9. The van der Waals surface area contributed by atoms with Crippen LogP contribution in [0.5, 0.6) is 0 Å². The maximum atomic E-state index is 6.81. The van der Waals surface area contributed by atoms with Gasteiger partial charge in [-0.3, -0.25) is 9.13 Å². The van der Waals surface area contributed by atoms with Crippen LogP contribution in [-0.2, 0) is 0 Å². The Kier molecular flexibility index (Phi) is 17.9.